The van der Waals surface area contributed by atoms with Crippen LogP contribution in [-0.4, -0.2) is 44.2 Å². The number of nitrogens with one attached hydrogen (secondary N) is 1. The highest BCUT2D eigenvalue weighted by Crippen LogP contribution is 2.54. The van der Waals surface area contributed by atoms with Crippen molar-refractivity contribution in [3.63, 3.8) is 0 Å². The first-order valence-electron chi connectivity index (χ1n) is 6.69. The average molecular weight is 257 g/mol. The predicted octanol–water partition coefficient (Wildman–Crippen LogP) is 1.21. The van der Waals surface area contributed by atoms with Crippen molar-refractivity contribution in [2.24, 2.45) is 0 Å². The summed E-state index contributed by atoms with van der Waals surface area (Å²) in [4.78, 5) is 11.8. The molecule has 2 aliphatic heterocycles. The van der Waals surface area contributed by atoms with Gasteiger partial charge in [0.05, 0.1) is 12.0 Å². The van der Waals surface area contributed by atoms with E-state index in [1.54, 1.807) is 7.11 Å². The normalized spacial score (nSPS) is 38.1. The zero-order valence-corrected chi connectivity index (χ0v) is 11.5. The summed E-state index contributed by atoms with van der Waals surface area (Å²) in [6.45, 7) is 2.72. The molecule has 1 N–H and O–H groups in total. The first kappa shape index (κ1) is 13.8. The van der Waals surface area contributed by atoms with Crippen molar-refractivity contribution in [2.75, 3.05) is 20.7 Å². The molecular weight excluding hydrogens is 234 g/mol. The van der Waals surface area contributed by atoms with E-state index in [2.05, 4.69) is 12.2 Å². The average Bonchev–Trinajstić information content (AvgIpc) is 2.89. The van der Waals surface area contributed by atoms with Crippen LogP contribution in [0, 0.1) is 0 Å². The van der Waals surface area contributed by atoms with Crippen LogP contribution in [0.25, 0.3) is 0 Å². The van der Waals surface area contributed by atoms with E-state index < -0.39 is 5.79 Å². The minimum Gasteiger partial charge on any atom is -0.430 e. The van der Waals surface area contributed by atoms with Crippen LogP contribution in [0.5, 0.6) is 0 Å². The lowest BCUT2D eigenvalue weighted by atomic mass is 9.83. The van der Waals surface area contributed by atoms with Gasteiger partial charge in [-0.1, -0.05) is 6.92 Å². The summed E-state index contributed by atoms with van der Waals surface area (Å²) in [5.74, 6) is -1.06. The summed E-state index contributed by atoms with van der Waals surface area (Å²) >= 11 is 0. The number of carbonyl (C=O) groups excluding carboxylic acids is 1. The van der Waals surface area contributed by atoms with Crippen LogP contribution in [0.1, 0.15) is 39.0 Å². The van der Waals surface area contributed by atoms with Crippen LogP contribution in [0.15, 0.2) is 0 Å². The standard InChI is InChI=1S/C13H23NO4/c1-4-12-6-7-13(18-12,10(9-12)16-3)17-11(15)5-8-14-2/h10,14H,4-9H2,1-3H3. The minimum atomic E-state index is -0.838. The summed E-state index contributed by atoms with van der Waals surface area (Å²) in [5.41, 5.74) is -0.149. The minimum absolute atomic E-state index is 0.135. The molecule has 104 valence electrons. The van der Waals surface area contributed by atoms with Crippen molar-refractivity contribution < 1.29 is 19.0 Å². The van der Waals surface area contributed by atoms with Gasteiger partial charge in [-0.3, -0.25) is 4.79 Å². The fraction of sp³-hybridized carbons (Fsp3) is 0.923. The van der Waals surface area contributed by atoms with Crippen molar-refractivity contribution in [1.82, 2.24) is 5.32 Å². The molecule has 2 fully saturated rings. The molecule has 2 aliphatic rings. The maximum Gasteiger partial charge on any atom is 0.309 e. The second kappa shape index (κ2) is 5.15. The highest BCUT2D eigenvalue weighted by molar-refractivity contribution is 5.70. The Hall–Kier alpha value is -0.650. The molecule has 0 spiro atoms. The smallest absolute Gasteiger partial charge is 0.309 e. The van der Waals surface area contributed by atoms with Crippen LogP contribution in [0.4, 0.5) is 0 Å². The zero-order valence-electron chi connectivity index (χ0n) is 11.5. The van der Waals surface area contributed by atoms with Gasteiger partial charge in [0.15, 0.2) is 0 Å². The number of methoxy groups -OCH3 is 1. The van der Waals surface area contributed by atoms with Gasteiger partial charge in [-0.05, 0) is 19.9 Å². The quantitative estimate of drug-likeness (QED) is 0.725. The topological polar surface area (TPSA) is 56.8 Å². The second-order valence-electron chi connectivity index (χ2n) is 5.21. The SMILES string of the molecule is CCC12CCC(OC(=O)CCNC)(O1)C(OC)C2. The number of rotatable bonds is 6. The Kier molecular flexibility index (Phi) is 3.94. The predicted molar refractivity (Wildman–Crippen MR) is 66.1 cm³/mol. The van der Waals surface area contributed by atoms with Crippen molar-refractivity contribution in [2.45, 2.75) is 56.5 Å². The molecule has 3 atom stereocenters. The number of fused-ring (bicyclic) bond motifs is 2. The summed E-state index contributed by atoms with van der Waals surface area (Å²) < 4.78 is 17.1. The van der Waals surface area contributed by atoms with Gasteiger partial charge in [0.2, 0.25) is 5.79 Å². The maximum atomic E-state index is 11.8. The number of hydrogen-bond acceptors (Lipinski definition) is 5. The van der Waals surface area contributed by atoms with Crippen molar-refractivity contribution in [1.29, 1.82) is 0 Å². The van der Waals surface area contributed by atoms with E-state index in [4.69, 9.17) is 14.2 Å². The number of hydrogen-bond donors (Lipinski definition) is 1. The van der Waals surface area contributed by atoms with Crippen molar-refractivity contribution >= 4 is 5.97 Å². The van der Waals surface area contributed by atoms with Gasteiger partial charge in [-0.25, -0.2) is 0 Å². The molecule has 5 nitrogen and oxygen atoms in total. The van der Waals surface area contributed by atoms with Gasteiger partial charge in [0.25, 0.3) is 0 Å². The molecular formula is C13H23NO4. The first-order valence-corrected chi connectivity index (χ1v) is 6.69. The first-order chi connectivity index (χ1) is 8.60. The number of carbonyl (C=O) groups is 1. The lowest BCUT2D eigenvalue weighted by Gasteiger charge is -2.31. The molecule has 0 saturated carbocycles. The summed E-state index contributed by atoms with van der Waals surface area (Å²) in [7, 11) is 3.47. The van der Waals surface area contributed by atoms with Gasteiger partial charge in [-0.15, -0.1) is 0 Å². The highest BCUT2D eigenvalue weighted by atomic mass is 16.8. The molecule has 0 radical (unpaired) electrons. The van der Waals surface area contributed by atoms with E-state index in [1.807, 2.05) is 7.05 Å². The van der Waals surface area contributed by atoms with Gasteiger partial charge in [0, 0.05) is 26.5 Å². The highest BCUT2D eigenvalue weighted by Gasteiger charge is 2.63. The molecule has 0 amide bonds. The Balaban J connectivity index is 2.03. The summed E-state index contributed by atoms with van der Waals surface area (Å²) in [5, 5.41) is 2.94. The van der Waals surface area contributed by atoms with Crippen LogP contribution in [0.2, 0.25) is 0 Å². The third kappa shape index (κ3) is 2.27. The molecule has 0 aromatic rings. The van der Waals surface area contributed by atoms with E-state index in [0.29, 0.717) is 13.0 Å². The Bertz CT molecular complexity index is 322. The molecule has 2 saturated heterocycles. The molecule has 0 aromatic heterocycles. The number of esters is 1. The molecule has 2 rings (SSSR count). The monoisotopic (exact) mass is 257 g/mol. The largest absolute Gasteiger partial charge is 0.430 e. The molecule has 3 unspecified atom stereocenters. The van der Waals surface area contributed by atoms with Crippen LogP contribution in [-0.2, 0) is 19.0 Å². The second-order valence-corrected chi connectivity index (χ2v) is 5.21. The zero-order chi connectivity index (χ0) is 13.2. The third-order valence-electron chi connectivity index (χ3n) is 4.16. The molecule has 2 heterocycles. The van der Waals surface area contributed by atoms with Gasteiger partial charge >= 0.3 is 5.97 Å². The van der Waals surface area contributed by atoms with E-state index in [9.17, 15) is 4.79 Å². The molecule has 2 bridgehead atoms. The Morgan fingerprint density at radius 3 is 2.89 bits per heavy atom. The Morgan fingerprint density at radius 1 is 1.50 bits per heavy atom. The maximum absolute atomic E-state index is 11.8. The van der Waals surface area contributed by atoms with Gasteiger partial charge < -0.3 is 19.5 Å². The molecule has 5 heteroatoms. The van der Waals surface area contributed by atoms with E-state index in [-0.39, 0.29) is 17.7 Å². The summed E-state index contributed by atoms with van der Waals surface area (Å²) in [6, 6.07) is 0. The lowest BCUT2D eigenvalue weighted by molar-refractivity contribution is -0.243. The van der Waals surface area contributed by atoms with Crippen molar-refractivity contribution in [3.05, 3.63) is 0 Å². The third-order valence-corrected chi connectivity index (χ3v) is 4.16. The van der Waals surface area contributed by atoms with E-state index >= 15 is 0 Å². The van der Waals surface area contributed by atoms with Crippen LogP contribution >= 0.6 is 0 Å². The summed E-state index contributed by atoms with van der Waals surface area (Å²) in [6.07, 6.45) is 3.66. The Morgan fingerprint density at radius 2 is 2.28 bits per heavy atom. The van der Waals surface area contributed by atoms with Crippen molar-refractivity contribution in [3.8, 4) is 0 Å². The molecule has 0 aliphatic carbocycles. The molecule has 0 aromatic carbocycles. The van der Waals surface area contributed by atoms with Crippen LogP contribution in [0.3, 0.4) is 0 Å². The van der Waals surface area contributed by atoms with Crippen LogP contribution < -0.4 is 5.32 Å². The fourth-order valence-electron chi connectivity index (χ4n) is 3.00. The number of ether oxygens (including phenoxy) is 3. The van der Waals surface area contributed by atoms with Gasteiger partial charge in [0.1, 0.15) is 6.10 Å². The van der Waals surface area contributed by atoms with E-state index in [1.165, 1.54) is 0 Å². The fourth-order valence-corrected chi connectivity index (χ4v) is 3.00. The molecule has 18 heavy (non-hydrogen) atoms. The lowest BCUT2D eigenvalue weighted by Crippen LogP contribution is -2.44. The van der Waals surface area contributed by atoms with E-state index in [0.717, 1.165) is 25.7 Å². The van der Waals surface area contributed by atoms with Gasteiger partial charge in [-0.2, -0.15) is 0 Å². The Labute approximate surface area is 108 Å².